The molecule has 1 aromatic carbocycles. The average Bonchev–Trinajstić information content (AvgIpc) is 3.05. The van der Waals surface area contributed by atoms with Gasteiger partial charge in [0, 0.05) is 33.3 Å². The van der Waals surface area contributed by atoms with Gasteiger partial charge in [0.05, 0.1) is 6.10 Å². The molecule has 1 aliphatic carbocycles. The fourth-order valence-corrected chi connectivity index (χ4v) is 3.72. The lowest BCUT2D eigenvalue weighted by molar-refractivity contribution is 0.0263. The van der Waals surface area contributed by atoms with Gasteiger partial charge in [0.1, 0.15) is 0 Å². The van der Waals surface area contributed by atoms with Crippen molar-refractivity contribution in [3.8, 4) is 0 Å². The summed E-state index contributed by atoms with van der Waals surface area (Å²) in [6.07, 6.45) is 6.40. The van der Waals surface area contributed by atoms with E-state index in [1.165, 1.54) is 36.0 Å². The fourth-order valence-electron chi connectivity index (χ4n) is 3.72. The number of fused-ring (bicyclic) bond motifs is 1. The van der Waals surface area contributed by atoms with Crippen LogP contribution in [0.4, 0.5) is 0 Å². The number of benzene rings is 1. The van der Waals surface area contributed by atoms with Crippen LogP contribution in [0, 0.1) is 0 Å². The number of piperidine rings is 1. The van der Waals surface area contributed by atoms with Crippen LogP contribution in [0.25, 0.3) is 0 Å². The first-order valence-electron chi connectivity index (χ1n) is 8.98. The Morgan fingerprint density at radius 3 is 2.78 bits per heavy atom. The standard InChI is InChI=1S/C19H29N3O/c1-3-23-18-9-11-22(12-10-18)19(20-2)21-14-15-7-8-16-5-4-6-17(16)13-15/h7-8,13,18H,3-6,9-12,14H2,1-2H3,(H,20,21). The van der Waals surface area contributed by atoms with E-state index in [-0.39, 0.29) is 0 Å². The van der Waals surface area contributed by atoms with Crippen molar-refractivity contribution in [1.29, 1.82) is 0 Å². The molecule has 0 spiro atoms. The van der Waals surface area contributed by atoms with Crippen LogP contribution in [-0.2, 0) is 24.1 Å². The van der Waals surface area contributed by atoms with E-state index in [2.05, 4.69) is 40.3 Å². The minimum Gasteiger partial charge on any atom is -0.378 e. The van der Waals surface area contributed by atoms with Crippen molar-refractivity contribution in [3.63, 3.8) is 0 Å². The van der Waals surface area contributed by atoms with E-state index in [9.17, 15) is 0 Å². The number of rotatable bonds is 4. The number of ether oxygens (including phenoxy) is 1. The maximum atomic E-state index is 5.73. The Balaban J connectivity index is 1.52. The highest BCUT2D eigenvalue weighted by molar-refractivity contribution is 5.80. The molecular weight excluding hydrogens is 286 g/mol. The van der Waals surface area contributed by atoms with Crippen molar-refractivity contribution < 1.29 is 4.74 Å². The van der Waals surface area contributed by atoms with E-state index in [0.717, 1.165) is 45.0 Å². The Hall–Kier alpha value is -1.55. The number of nitrogens with zero attached hydrogens (tertiary/aromatic N) is 2. The molecule has 0 radical (unpaired) electrons. The largest absolute Gasteiger partial charge is 0.378 e. The van der Waals surface area contributed by atoms with Crippen LogP contribution in [0.3, 0.4) is 0 Å². The number of likely N-dealkylation sites (tertiary alicyclic amines) is 1. The van der Waals surface area contributed by atoms with Gasteiger partial charge in [-0.05, 0) is 55.7 Å². The van der Waals surface area contributed by atoms with E-state index < -0.39 is 0 Å². The van der Waals surface area contributed by atoms with Gasteiger partial charge in [-0.1, -0.05) is 18.2 Å². The molecule has 4 nitrogen and oxygen atoms in total. The molecule has 1 aliphatic heterocycles. The lowest BCUT2D eigenvalue weighted by atomic mass is 10.1. The smallest absolute Gasteiger partial charge is 0.193 e. The second-order valence-corrected chi connectivity index (χ2v) is 6.50. The first-order chi connectivity index (χ1) is 11.3. The summed E-state index contributed by atoms with van der Waals surface area (Å²) in [6, 6.07) is 6.92. The number of aliphatic imine (C=N–C) groups is 1. The van der Waals surface area contributed by atoms with E-state index >= 15 is 0 Å². The minimum absolute atomic E-state index is 0.422. The van der Waals surface area contributed by atoms with Crippen molar-refractivity contribution >= 4 is 5.96 Å². The van der Waals surface area contributed by atoms with E-state index in [1.54, 1.807) is 0 Å². The molecule has 1 heterocycles. The van der Waals surface area contributed by atoms with Gasteiger partial charge in [-0.15, -0.1) is 0 Å². The van der Waals surface area contributed by atoms with Gasteiger partial charge in [0.25, 0.3) is 0 Å². The minimum atomic E-state index is 0.422. The number of aryl methyl sites for hydroxylation is 2. The summed E-state index contributed by atoms with van der Waals surface area (Å²) in [7, 11) is 1.87. The number of hydrogen-bond donors (Lipinski definition) is 1. The van der Waals surface area contributed by atoms with Crippen molar-refractivity contribution in [1.82, 2.24) is 10.2 Å². The van der Waals surface area contributed by atoms with Crippen LogP contribution >= 0.6 is 0 Å². The lowest BCUT2D eigenvalue weighted by Gasteiger charge is -2.34. The number of nitrogens with one attached hydrogen (secondary N) is 1. The summed E-state index contributed by atoms with van der Waals surface area (Å²) in [5.41, 5.74) is 4.43. The van der Waals surface area contributed by atoms with Gasteiger partial charge in [0.2, 0.25) is 0 Å². The molecule has 126 valence electrons. The number of hydrogen-bond acceptors (Lipinski definition) is 2. The molecule has 3 rings (SSSR count). The van der Waals surface area contributed by atoms with Crippen LogP contribution < -0.4 is 5.32 Å². The Morgan fingerprint density at radius 1 is 1.26 bits per heavy atom. The van der Waals surface area contributed by atoms with Crippen LogP contribution in [-0.4, -0.2) is 43.7 Å². The third-order valence-electron chi connectivity index (χ3n) is 4.97. The molecule has 1 saturated heterocycles. The second kappa shape index (κ2) is 7.82. The Kier molecular flexibility index (Phi) is 5.55. The third-order valence-corrected chi connectivity index (χ3v) is 4.97. The maximum Gasteiger partial charge on any atom is 0.193 e. The molecule has 1 aromatic rings. The molecule has 23 heavy (non-hydrogen) atoms. The topological polar surface area (TPSA) is 36.9 Å². The van der Waals surface area contributed by atoms with Gasteiger partial charge in [0.15, 0.2) is 5.96 Å². The summed E-state index contributed by atoms with van der Waals surface area (Å²) in [5, 5.41) is 3.53. The first kappa shape index (κ1) is 16.3. The van der Waals surface area contributed by atoms with E-state index in [4.69, 9.17) is 4.74 Å². The van der Waals surface area contributed by atoms with E-state index in [1.807, 2.05) is 7.05 Å². The predicted molar refractivity (Wildman–Crippen MR) is 94.9 cm³/mol. The first-order valence-corrected chi connectivity index (χ1v) is 8.98. The highest BCUT2D eigenvalue weighted by Crippen LogP contribution is 2.22. The zero-order valence-corrected chi connectivity index (χ0v) is 14.5. The molecule has 4 heteroatoms. The van der Waals surface area contributed by atoms with Crippen molar-refractivity contribution in [2.75, 3.05) is 26.7 Å². The van der Waals surface area contributed by atoms with Gasteiger partial charge in [-0.3, -0.25) is 4.99 Å². The highest BCUT2D eigenvalue weighted by Gasteiger charge is 2.21. The zero-order valence-electron chi connectivity index (χ0n) is 14.5. The highest BCUT2D eigenvalue weighted by atomic mass is 16.5. The molecule has 0 saturated carbocycles. The quantitative estimate of drug-likeness (QED) is 0.686. The van der Waals surface area contributed by atoms with Gasteiger partial charge in [-0.2, -0.15) is 0 Å². The molecule has 2 aliphatic rings. The Morgan fingerprint density at radius 2 is 2.04 bits per heavy atom. The molecule has 0 atom stereocenters. The molecule has 0 bridgehead atoms. The summed E-state index contributed by atoms with van der Waals surface area (Å²) < 4.78 is 5.73. The Bertz CT molecular complexity index is 548. The third kappa shape index (κ3) is 4.05. The van der Waals surface area contributed by atoms with Gasteiger partial charge < -0.3 is 15.0 Å². The Labute approximate surface area is 139 Å². The van der Waals surface area contributed by atoms with Crippen LogP contribution in [0.2, 0.25) is 0 Å². The monoisotopic (exact) mass is 315 g/mol. The summed E-state index contributed by atoms with van der Waals surface area (Å²) in [4.78, 5) is 6.81. The van der Waals surface area contributed by atoms with Crippen LogP contribution in [0.1, 0.15) is 42.9 Å². The molecule has 1 fully saturated rings. The molecule has 0 unspecified atom stereocenters. The number of guanidine groups is 1. The van der Waals surface area contributed by atoms with Crippen molar-refractivity contribution in [2.24, 2.45) is 4.99 Å². The van der Waals surface area contributed by atoms with Gasteiger partial charge in [-0.25, -0.2) is 0 Å². The molecule has 0 amide bonds. The van der Waals surface area contributed by atoms with Gasteiger partial charge >= 0.3 is 0 Å². The van der Waals surface area contributed by atoms with E-state index in [0.29, 0.717) is 6.10 Å². The molecular formula is C19H29N3O. The molecule has 1 N–H and O–H groups in total. The van der Waals surface area contributed by atoms with Crippen LogP contribution in [0.5, 0.6) is 0 Å². The summed E-state index contributed by atoms with van der Waals surface area (Å²) in [5.74, 6) is 1.01. The SMILES string of the molecule is CCOC1CCN(C(=NC)NCc2ccc3c(c2)CCC3)CC1. The van der Waals surface area contributed by atoms with Crippen molar-refractivity contribution in [2.45, 2.75) is 51.7 Å². The zero-order chi connectivity index (χ0) is 16.1. The van der Waals surface area contributed by atoms with Crippen molar-refractivity contribution in [3.05, 3.63) is 34.9 Å². The van der Waals surface area contributed by atoms with Crippen LogP contribution in [0.15, 0.2) is 23.2 Å². The lowest BCUT2D eigenvalue weighted by Crippen LogP contribution is -2.46. The molecule has 0 aromatic heterocycles. The average molecular weight is 315 g/mol. The second-order valence-electron chi connectivity index (χ2n) is 6.50. The maximum absolute atomic E-state index is 5.73. The predicted octanol–water partition coefficient (Wildman–Crippen LogP) is 2.75. The normalized spacial score (nSPS) is 19.0. The summed E-state index contributed by atoms with van der Waals surface area (Å²) >= 11 is 0. The summed E-state index contributed by atoms with van der Waals surface area (Å²) in [6.45, 7) is 5.79. The fraction of sp³-hybridized carbons (Fsp3) is 0.632.